The highest BCUT2D eigenvalue weighted by Gasteiger charge is 2.28. The third-order valence-electron chi connectivity index (χ3n) is 4.65. The zero-order valence-electron chi connectivity index (χ0n) is 18.6. The van der Waals surface area contributed by atoms with E-state index in [-0.39, 0.29) is 36.1 Å². The Bertz CT molecular complexity index is 864. The minimum absolute atomic E-state index is 0. The predicted octanol–water partition coefficient (Wildman–Crippen LogP) is 4.02. The van der Waals surface area contributed by atoms with Crippen LogP contribution < -0.4 is 10.6 Å². The number of ether oxygens (including phenoxy) is 1. The number of hydrogen-bond acceptors (Lipinski definition) is 5. The summed E-state index contributed by atoms with van der Waals surface area (Å²) in [5.74, 6) is 1.26. The molecule has 1 unspecified atom stereocenters. The molecule has 1 aliphatic rings. The largest absolute Gasteiger partial charge is 0.444 e. The van der Waals surface area contributed by atoms with Crippen LogP contribution in [0, 0.1) is 0 Å². The lowest BCUT2D eigenvalue weighted by Crippen LogP contribution is -2.53. The Balaban J connectivity index is 0.00000341. The molecule has 0 radical (unpaired) electrons. The Morgan fingerprint density at radius 2 is 2.06 bits per heavy atom. The van der Waals surface area contributed by atoms with Crippen LogP contribution in [-0.4, -0.2) is 53.7 Å². The summed E-state index contributed by atoms with van der Waals surface area (Å²) in [4.78, 5) is 22.9. The van der Waals surface area contributed by atoms with Crippen LogP contribution in [0.1, 0.15) is 39.3 Å². The van der Waals surface area contributed by atoms with E-state index >= 15 is 0 Å². The molecule has 1 amide bonds. The van der Waals surface area contributed by atoms with Crippen LogP contribution in [0.15, 0.2) is 46.0 Å². The maximum Gasteiger partial charge on any atom is 0.410 e. The highest BCUT2D eigenvalue weighted by molar-refractivity contribution is 14.0. The number of aromatic nitrogens is 1. The second-order valence-electron chi connectivity index (χ2n) is 8.35. The molecule has 1 aromatic carbocycles. The SMILES string of the molecule is CN=C(NCc1coc(-c2ccccc2)n1)NC1CCCN(C(=O)OC(C)(C)C)C1.I. The van der Waals surface area contributed by atoms with Crippen molar-refractivity contribution in [2.75, 3.05) is 20.1 Å². The summed E-state index contributed by atoms with van der Waals surface area (Å²) in [6, 6.07) is 9.89. The molecular weight excluding hydrogens is 509 g/mol. The third-order valence-corrected chi connectivity index (χ3v) is 4.65. The standard InChI is InChI=1S/C22H31N5O3.HI/c1-22(2,3)30-21(28)27-12-8-11-17(14-27)26-20(23-4)24-13-18-15-29-19(25-18)16-9-6-5-7-10-16;/h5-7,9-10,15,17H,8,11-14H2,1-4H3,(H2,23,24,26);1H. The number of amides is 1. The van der Waals surface area contributed by atoms with Crippen molar-refractivity contribution < 1.29 is 13.9 Å². The normalized spacial score (nSPS) is 17.0. The first-order valence-electron chi connectivity index (χ1n) is 10.3. The number of carbonyl (C=O) groups excluding carboxylic acids is 1. The average Bonchev–Trinajstić information content (AvgIpc) is 3.20. The number of halogens is 1. The van der Waals surface area contributed by atoms with Gasteiger partial charge in [0.25, 0.3) is 0 Å². The third kappa shape index (κ3) is 7.71. The number of nitrogens with one attached hydrogen (secondary N) is 2. The van der Waals surface area contributed by atoms with Gasteiger partial charge < -0.3 is 24.7 Å². The molecule has 0 bridgehead atoms. The number of benzene rings is 1. The molecule has 9 heteroatoms. The van der Waals surface area contributed by atoms with Crippen molar-refractivity contribution in [3.8, 4) is 11.5 Å². The molecule has 1 fully saturated rings. The number of piperidine rings is 1. The Labute approximate surface area is 200 Å². The van der Waals surface area contributed by atoms with Gasteiger partial charge in [-0.2, -0.15) is 0 Å². The predicted molar refractivity (Wildman–Crippen MR) is 132 cm³/mol. The van der Waals surface area contributed by atoms with Gasteiger partial charge in [-0.15, -0.1) is 24.0 Å². The number of hydrogen-bond donors (Lipinski definition) is 2. The highest BCUT2D eigenvalue weighted by atomic mass is 127. The molecule has 2 aromatic rings. The van der Waals surface area contributed by atoms with E-state index in [1.165, 1.54) is 0 Å². The van der Waals surface area contributed by atoms with Crippen molar-refractivity contribution in [1.82, 2.24) is 20.5 Å². The van der Waals surface area contributed by atoms with E-state index in [1.807, 2.05) is 51.1 Å². The van der Waals surface area contributed by atoms with E-state index in [1.54, 1.807) is 18.2 Å². The molecular formula is C22H32IN5O3. The first-order chi connectivity index (χ1) is 14.3. The van der Waals surface area contributed by atoms with E-state index in [4.69, 9.17) is 9.15 Å². The second kappa shape index (κ2) is 11.4. The molecule has 3 rings (SSSR count). The summed E-state index contributed by atoms with van der Waals surface area (Å²) >= 11 is 0. The van der Waals surface area contributed by atoms with Gasteiger partial charge >= 0.3 is 6.09 Å². The number of nitrogens with zero attached hydrogens (tertiary/aromatic N) is 3. The quantitative estimate of drug-likeness (QED) is 0.345. The Kier molecular flexibility index (Phi) is 9.15. The van der Waals surface area contributed by atoms with Crippen molar-refractivity contribution in [1.29, 1.82) is 0 Å². The molecule has 31 heavy (non-hydrogen) atoms. The van der Waals surface area contributed by atoms with Crippen molar-refractivity contribution in [3.05, 3.63) is 42.3 Å². The molecule has 1 aromatic heterocycles. The summed E-state index contributed by atoms with van der Waals surface area (Å²) in [6.45, 7) is 7.41. The molecule has 170 valence electrons. The lowest BCUT2D eigenvalue weighted by Gasteiger charge is -2.35. The molecule has 1 aliphatic heterocycles. The van der Waals surface area contributed by atoms with Gasteiger partial charge in [0.05, 0.1) is 12.2 Å². The number of carbonyl (C=O) groups is 1. The molecule has 2 heterocycles. The van der Waals surface area contributed by atoms with E-state index < -0.39 is 5.60 Å². The van der Waals surface area contributed by atoms with Gasteiger partial charge in [0.15, 0.2) is 5.96 Å². The second-order valence-corrected chi connectivity index (χ2v) is 8.35. The van der Waals surface area contributed by atoms with Gasteiger partial charge in [-0.25, -0.2) is 9.78 Å². The van der Waals surface area contributed by atoms with Crippen molar-refractivity contribution >= 4 is 36.0 Å². The summed E-state index contributed by atoms with van der Waals surface area (Å²) in [6.07, 6.45) is 3.25. The Morgan fingerprint density at radius 1 is 1.32 bits per heavy atom. The lowest BCUT2D eigenvalue weighted by molar-refractivity contribution is 0.0193. The van der Waals surface area contributed by atoms with Gasteiger partial charge in [0, 0.05) is 31.7 Å². The van der Waals surface area contributed by atoms with Crippen LogP contribution in [0.2, 0.25) is 0 Å². The topological polar surface area (TPSA) is 92.0 Å². The molecule has 1 saturated heterocycles. The van der Waals surface area contributed by atoms with Gasteiger partial charge in [-0.3, -0.25) is 4.99 Å². The Hall–Kier alpha value is -2.30. The Morgan fingerprint density at radius 3 is 2.74 bits per heavy atom. The van der Waals surface area contributed by atoms with Crippen molar-refractivity contribution in [2.45, 2.75) is 51.8 Å². The highest BCUT2D eigenvalue weighted by Crippen LogP contribution is 2.18. The number of likely N-dealkylation sites (tertiary alicyclic amines) is 1. The maximum absolute atomic E-state index is 12.4. The monoisotopic (exact) mass is 541 g/mol. The maximum atomic E-state index is 12.4. The fourth-order valence-electron chi connectivity index (χ4n) is 3.25. The van der Waals surface area contributed by atoms with Gasteiger partial charge in [0.2, 0.25) is 5.89 Å². The number of aliphatic imine (C=N–C) groups is 1. The molecule has 0 saturated carbocycles. The van der Waals surface area contributed by atoms with Crippen LogP contribution in [0.3, 0.4) is 0 Å². The summed E-state index contributed by atoms with van der Waals surface area (Å²) in [5.41, 5.74) is 1.23. The molecule has 8 nitrogen and oxygen atoms in total. The van der Waals surface area contributed by atoms with Gasteiger partial charge in [0.1, 0.15) is 11.9 Å². The lowest BCUT2D eigenvalue weighted by atomic mass is 10.1. The van der Waals surface area contributed by atoms with Gasteiger partial charge in [-0.1, -0.05) is 18.2 Å². The number of oxazole rings is 1. The number of guanidine groups is 1. The van der Waals surface area contributed by atoms with Crippen LogP contribution in [0.5, 0.6) is 0 Å². The first-order valence-corrected chi connectivity index (χ1v) is 10.3. The fraction of sp³-hybridized carbons (Fsp3) is 0.500. The van der Waals surface area contributed by atoms with Crippen LogP contribution in [-0.2, 0) is 11.3 Å². The number of rotatable bonds is 4. The van der Waals surface area contributed by atoms with E-state index in [0.717, 1.165) is 24.1 Å². The van der Waals surface area contributed by atoms with Crippen molar-refractivity contribution in [3.63, 3.8) is 0 Å². The minimum atomic E-state index is -0.495. The van der Waals surface area contributed by atoms with E-state index in [2.05, 4.69) is 20.6 Å². The molecule has 0 aliphatic carbocycles. The summed E-state index contributed by atoms with van der Waals surface area (Å²) < 4.78 is 11.1. The summed E-state index contributed by atoms with van der Waals surface area (Å²) in [5, 5.41) is 6.65. The average molecular weight is 541 g/mol. The zero-order valence-corrected chi connectivity index (χ0v) is 20.9. The first kappa shape index (κ1) is 25.0. The molecule has 1 atom stereocenters. The van der Waals surface area contributed by atoms with E-state index in [0.29, 0.717) is 31.5 Å². The van der Waals surface area contributed by atoms with E-state index in [9.17, 15) is 4.79 Å². The molecule has 0 spiro atoms. The van der Waals surface area contributed by atoms with Gasteiger partial charge in [-0.05, 0) is 45.7 Å². The molecule has 2 N–H and O–H groups in total. The zero-order chi connectivity index (χ0) is 21.6. The van der Waals surface area contributed by atoms with Crippen LogP contribution >= 0.6 is 24.0 Å². The fourth-order valence-corrected chi connectivity index (χ4v) is 3.25. The van der Waals surface area contributed by atoms with Crippen LogP contribution in [0.25, 0.3) is 11.5 Å². The minimum Gasteiger partial charge on any atom is -0.444 e. The van der Waals surface area contributed by atoms with Crippen molar-refractivity contribution in [2.24, 2.45) is 4.99 Å². The van der Waals surface area contributed by atoms with Crippen LogP contribution in [0.4, 0.5) is 4.79 Å². The summed E-state index contributed by atoms with van der Waals surface area (Å²) in [7, 11) is 1.72. The smallest absolute Gasteiger partial charge is 0.410 e.